The Hall–Kier alpha value is -4.57. The predicted molar refractivity (Wildman–Crippen MR) is 134 cm³/mol. The summed E-state index contributed by atoms with van der Waals surface area (Å²) >= 11 is 1.35. The Morgan fingerprint density at radius 2 is 1.69 bits per heavy atom. The number of nitrogens with one attached hydrogen (secondary N) is 2. The molecule has 0 radical (unpaired) electrons. The zero-order valence-corrected chi connectivity index (χ0v) is 19.3. The lowest BCUT2D eigenvalue weighted by Crippen LogP contribution is -2.35. The van der Waals surface area contributed by atoms with Crippen molar-refractivity contribution in [1.29, 1.82) is 0 Å². The van der Waals surface area contributed by atoms with Crippen molar-refractivity contribution in [3.05, 3.63) is 88.8 Å². The van der Waals surface area contributed by atoms with Gasteiger partial charge in [0.05, 0.1) is 34.9 Å². The minimum absolute atomic E-state index is 0.0313. The summed E-state index contributed by atoms with van der Waals surface area (Å²) in [5, 5.41) is 10.8. The Bertz CT molecular complexity index is 1590. The summed E-state index contributed by atoms with van der Waals surface area (Å²) in [5.74, 6) is -0.382. The van der Waals surface area contributed by atoms with Crippen molar-refractivity contribution in [2.75, 3.05) is 19.0 Å². The lowest BCUT2D eigenvalue weighted by molar-refractivity contribution is -0.115. The van der Waals surface area contributed by atoms with Crippen LogP contribution in [0.3, 0.4) is 0 Å². The molecule has 5 rings (SSSR count). The van der Waals surface area contributed by atoms with Crippen LogP contribution in [0.4, 0.5) is 5.13 Å². The van der Waals surface area contributed by atoms with Crippen molar-refractivity contribution in [2.45, 2.75) is 0 Å². The molecule has 0 aliphatic carbocycles. The molecule has 0 saturated carbocycles. The van der Waals surface area contributed by atoms with Crippen molar-refractivity contribution in [3.8, 4) is 11.4 Å². The second kappa shape index (κ2) is 9.35. The van der Waals surface area contributed by atoms with Gasteiger partial charge in [0, 0.05) is 5.39 Å². The van der Waals surface area contributed by atoms with Crippen LogP contribution in [0.1, 0.15) is 10.5 Å². The molecule has 2 heterocycles. The normalized spacial score (nSPS) is 10.9. The number of benzene rings is 3. The summed E-state index contributed by atoms with van der Waals surface area (Å²) in [6.45, 7) is -0.285. The first-order valence-corrected chi connectivity index (χ1v) is 11.5. The minimum Gasteiger partial charge on any atom is -0.497 e. The van der Waals surface area contributed by atoms with Crippen molar-refractivity contribution in [2.24, 2.45) is 0 Å². The summed E-state index contributed by atoms with van der Waals surface area (Å²) < 4.78 is 7.28. The zero-order chi connectivity index (χ0) is 24.4. The van der Waals surface area contributed by atoms with E-state index in [0.29, 0.717) is 27.3 Å². The Morgan fingerprint density at radius 1 is 0.971 bits per heavy atom. The number of nitrogens with zero attached hydrogens (tertiary/aromatic N) is 3. The number of hydrogen-bond acceptors (Lipinski definition) is 7. The lowest BCUT2D eigenvalue weighted by Gasteiger charge is -2.11. The van der Waals surface area contributed by atoms with Crippen LogP contribution >= 0.6 is 11.3 Å². The Labute approximate surface area is 203 Å². The average Bonchev–Trinajstić information content (AvgIpc) is 3.30. The van der Waals surface area contributed by atoms with Crippen LogP contribution in [0.5, 0.6) is 5.75 Å². The molecule has 0 aliphatic rings. The van der Waals surface area contributed by atoms with Crippen molar-refractivity contribution >= 4 is 49.3 Å². The fraction of sp³-hybridized carbons (Fsp3) is 0.0800. The van der Waals surface area contributed by atoms with Crippen LogP contribution in [-0.2, 0) is 4.79 Å². The summed E-state index contributed by atoms with van der Waals surface area (Å²) in [4.78, 5) is 42.9. The number of methoxy groups -OCH3 is 1. The summed E-state index contributed by atoms with van der Waals surface area (Å²) in [6, 6.07) is 21.0. The van der Waals surface area contributed by atoms with Crippen molar-refractivity contribution in [3.63, 3.8) is 0 Å². The second-order valence-electron chi connectivity index (χ2n) is 7.53. The Balaban J connectivity index is 1.39. The van der Waals surface area contributed by atoms with E-state index < -0.39 is 11.8 Å². The maximum Gasteiger partial charge on any atom is 0.279 e. The highest BCUT2D eigenvalue weighted by molar-refractivity contribution is 7.22. The number of amides is 2. The largest absolute Gasteiger partial charge is 0.497 e. The van der Waals surface area contributed by atoms with Gasteiger partial charge >= 0.3 is 0 Å². The van der Waals surface area contributed by atoms with E-state index in [9.17, 15) is 14.4 Å². The van der Waals surface area contributed by atoms with Crippen LogP contribution < -0.4 is 20.9 Å². The van der Waals surface area contributed by atoms with Gasteiger partial charge in [-0.3, -0.25) is 14.4 Å². The molecule has 2 amide bonds. The molecule has 10 heteroatoms. The molecule has 3 aromatic carbocycles. The highest BCUT2D eigenvalue weighted by Gasteiger charge is 2.18. The van der Waals surface area contributed by atoms with Crippen LogP contribution in [0, 0.1) is 0 Å². The Kier molecular flexibility index (Phi) is 5.94. The maximum absolute atomic E-state index is 13.1. The van der Waals surface area contributed by atoms with Gasteiger partial charge in [0.2, 0.25) is 5.91 Å². The van der Waals surface area contributed by atoms with Crippen LogP contribution in [0.25, 0.3) is 26.7 Å². The topological polar surface area (TPSA) is 115 Å². The lowest BCUT2D eigenvalue weighted by atomic mass is 10.1. The number of fused-ring (bicyclic) bond motifs is 2. The van der Waals surface area contributed by atoms with Crippen LogP contribution in [0.15, 0.2) is 77.6 Å². The van der Waals surface area contributed by atoms with Crippen LogP contribution in [0.2, 0.25) is 0 Å². The Morgan fingerprint density at radius 3 is 2.43 bits per heavy atom. The summed E-state index contributed by atoms with van der Waals surface area (Å²) in [7, 11) is 1.55. The van der Waals surface area contributed by atoms with Gasteiger partial charge in [0.15, 0.2) is 10.8 Å². The van der Waals surface area contributed by atoms with Gasteiger partial charge in [-0.1, -0.05) is 41.7 Å². The average molecular weight is 486 g/mol. The smallest absolute Gasteiger partial charge is 0.279 e. The molecule has 174 valence electrons. The van der Waals surface area contributed by atoms with Gasteiger partial charge in [-0.2, -0.15) is 9.78 Å². The van der Waals surface area contributed by atoms with E-state index in [0.717, 1.165) is 14.9 Å². The number of ether oxygens (including phenoxy) is 1. The molecule has 2 N–H and O–H groups in total. The molecule has 5 aromatic rings. The van der Waals surface area contributed by atoms with Gasteiger partial charge in [-0.05, 0) is 42.5 Å². The molecule has 0 saturated heterocycles. The molecule has 0 bridgehead atoms. The number of para-hydroxylation sites is 1. The molecule has 0 aliphatic heterocycles. The predicted octanol–water partition coefficient (Wildman–Crippen LogP) is 3.37. The first-order chi connectivity index (χ1) is 17.0. The molecule has 35 heavy (non-hydrogen) atoms. The maximum atomic E-state index is 13.1. The molecular weight excluding hydrogens is 466 g/mol. The van der Waals surface area contributed by atoms with Gasteiger partial charge < -0.3 is 15.4 Å². The number of hydrogen-bond donors (Lipinski definition) is 2. The number of carbonyl (C=O) groups is 2. The molecule has 0 atom stereocenters. The number of thiazole rings is 1. The minimum atomic E-state index is -0.581. The fourth-order valence-corrected chi connectivity index (χ4v) is 4.47. The molecule has 0 unspecified atom stereocenters. The zero-order valence-electron chi connectivity index (χ0n) is 18.5. The van der Waals surface area contributed by atoms with E-state index >= 15 is 0 Å². The van der Waals surface area contributed by atoms with E-state index in [-0.39, 0.29) is 17.8 Å². The molecule has 0 spiro atoms. The molecular formula is C25H19N5O4S. The third-order valence-electron chi connectivity index (χ3n) is 5.29. The SMILES string of the molecule is COc1ccc(-n2nc(C(=O)NCC(=O)Nc3nc4ccccc4s3)c3ccccc3c2=O)cc1. The van der Waals surface area contributed by atoms with Gasteiger partial charge in [-0.15, -0.1) is 0 Å². The third kappa shape index (κ3) is 4.46. The standard InChI is InChI=1S/C25H19N5O4S/c1-34-16-12-10-15(11-13-16)30-24(33)18-7-3-2-6-17(18)22(29-30)23(32)26-14-21(31)28-25-27-19-8-4-5-9-20(19)35-25/h2-13H,14H2,1H3,(H,26,32)(H,27,28,31). The van der Waals surface area contributed by atoms with Gasteiger partial charge in [0.25, 0.3) is 11.5 Å². The van der Waals surface area contributed by atoms with E-state index in [4.69, 9.17) is 4.74 Å². The fourth-order valence-electron chi connectivity index (χ4n) is 3.59. The van der Waals surface area contributed by atoms with Gasteiger partial charge in [-0.25, -0.2) is 4.98 Å². The molecule has 2 aromatic heterocycles. The number of carbonyl (C=O) groups excluding carboxylic acids is 2. The van der Waals surface area contributed by atoms with Crippen LogP contribution in [-0.4, -0.2) is 40.2 Å². The van der Waals surface area contributed by atoms with Gasteiger partial charge in [0.1, 0.15) is 5.75 Å². The number of aromatic nitrogens is 3. The van der Waals surface area contributed by atoms with E-state index in [1.807, 2.05) is 24.3 Å². The first-order valence-electron chi connectivity index (χ1n) is 10.6. The molecule has 0 fully saturated rings. The molecule has 9 nitrogen and oxygen atoms in total. The highest BCUT2D eigenvalue weighted by Crippen LogP contribution is 2.25. The van der Waals surface area contributed by atoms with E-state index in [1.54, 1.807) is 55.6 Å². The highest BCUT2D eigenvalue weighted by atomic mass is 32.1. The summed E-state index contributed by atoms with van der Waals surface area (Å²) in [5.41, 5.74) is 0.928. The first kappa shape index (κ1) is 22.2. The van der Waals surface area contributed by atoms with E-state index in [1.165, 1.54) is 11.3 Å². The third-order valence-corrected chi connectivity index (χ3v) is 6.24. The quantitative estimate of drug-likeness (QED) is 0.381. The van der Waals surface area contributed by atoms with E-state index in [2.05, 4.69) is 20.7 Å². The monoisotopic (exact) mass is 485 g/mol. The number of rotatable bonds is 6. The van der Waals surface area contributed by atoms with Crippen molar-refractivity contribution in [1.82, 2.24) is 20.1 Å². The summed E-state index contributed by atoms with van der Waals surface area (Å²) in [6.07, 6.45) is 0. The second-order valence-corrected chi connectivity index (χ2v) is 8.56. The number of anilines is 1. The van der Waals surface area contributed by atoms with Crippen molar-refractivity contribution < 1.29 is 14.3 Å².